The minimum atomic E-state index is -0.134. The van der Waals surface area contributed by atoms with Gasteiger partial charge in [-0.1, -0.05) is 17.7 Å². The number of likely N-dealkylation sites (tertiary alicyclic amines) is 1. The van der Waals surface area contributed by atoms with Crippen molar-refractivity contribution >= 4 is 23.4 Å². The largest absolute Gasteiger partial charge is 0.352 e. The standard InChI is InChI=1S/C16H18ClN3O2/c17-14-3-1-2-13(10-14)16(22)19-11-12-5-8-20(9-6-12)15(21)4-7-18/h1-3,10,12H,4-6,8-9,11H2,(H,19,22). The highest BCUT2D eigenvalue weighted by Crippen LogP contribution is 2.17. The minimum Gasteiger partial charge on any atom is -0.352 e. The van der Waals surface area contributed by atoms with Gasteiger partial charge in [0.2, 0.25) is 5.91 Å². The van der Waals surface area contributed by atoms with E-state index in [0.29, 0.717) is 36.1 Å². The van der Waals surface area contributed by atoms with Crippen LogP contribution in [0.4, 0.5) is 0 Å². The monoisotopic (exact) mass is 319 g/mol. The number of rotatable bonds is 4. The van der Waals surface area contributed by atoms with Crippen LogP contribution < -0.4 is 5.32 Å². The Morgan fingerprint density at radius 1 is 1.36 bits per heavy atom. The molecule has 2 amide bonds. The van der Waals surface area contributed by atoms with Gasteiger partial charge in [-0.3, -0.25) is 9.59 Å². The summed E-state index contributed by atoms with van der Waals surface area (Å²) >= 11 is 5.87. The van der Waals surface area contributed by atoms with E-state index in [-0.39, 0.29) is 18.2 Å². The number of piperidine rings is 1. The molecule has 1 N–H and O–H groups in total. The second kappa shape index (κ2) is 7.81. The third-order valence-electron chi connectivity index (χ3n) is 3.84. The molecule has 6 heteroatoms. The van der Waals surface area contributed by atoms with Crippen LogP contribution in [0.2, 0.25) is 5.02 Å². The van der Waals surface area contributed by atoms with Crippen LogP contribution in [0.3, 0.4) is 0 Å². The molecule has 1 fully saturated rings. The number of carbonyl (C=O) groups excluding carboxylic acids is 2. The molecule has 22 heavy (non-hydrogen) atoms. The number of amides is 2. The summed E-state index contributed by atoms with van der Waals surface area (Å²) in [5.74, 6) is 0.115. The normalized spacial score (nSPS) is 15.2. The van der Waals surface area contributed by atoms with Gasteiger partial charge in [-0.2, -0.15) is 5.26 Å². The molecule has 1 saturated heterocycles. The number of hydrogen-bond acceptors (Lipinski definition) is 3. The van der Waals surface area contributed by atoms with E-state index >= 15 is 0 Å². The first-order valence-corrected chi connectivity index (χ1v) is 7.66. The van der Waals surface area contributed by atoms with Crippen LogP contribution in [-0.2, 0) is 4.79 Å². The molecule has 0 aliphatic carbocycles. The molecular formula is C16H18ClN3O2. The van der Waals surface area contributed by atoms with Crippen LogP contribution in [0.15, 0.2) is 24.3 Å². The van der Waals surface area contributed by atoms with E-state index in [0.717, 1.165) is 12.8 Å². The Morgan fingerprint density at radius 2 is 2.09 bits per heavy atom. The molecule has 1 heterocycles. The number of nitrogens with zero attached hydrogens (tertiary/aromatic N) is 2. The van der Waals surface area contributed by atoms with E-state index in [1.807, 2.05) is 6.07 Å². The minimum absolute atomic E-state index is 0.0594. The molecule has 1 aliphatic heterocycles. The molecule has 0 radical (unpaired) electrons. The van der Waals surface area contributed by atoms with Gasteiger partial charge in [0.15, 0.2) is 0 Å². The zero-order chi connectivity index (χ0) is 15.9. The summed E-state index contributed by atoms with van der Waals surface area (Å²) in [5.41, 5.74) is 0.550. The Bertz CT molecular complexity index is 589. The Morgan fingerprint density at radius 3 is 2.73 bits per heavy atom. The third-order valence-corrected chi connectivity index (χ3v) is 4.07. The zero-order valence-corrected chi connectivity index (χ0v) is 13.0. The highest BCUT2D eigenvalue weighted by Gasteiger charge is 2.22. The molecule has 0 saturated carbocycles. The molecule has 0 atom stereocenters. The number of halogens is 1. The summed E-state index contributed by atoms with van der Waals surface area (Å²) in [7, 11) is 0. The first kappa shape index (κ1) is 16.3. The van der Waals surface area contributed by atoms with Gasteiger partial charge in [0, 0.05) is 30.2 Å². The molecule has 0 bridgehead atoms. The van der Waals surface area contributed by atoms with Gasteiger partial charge < -0.3 is 10.2 Å². The number of hydrogen-bond donors (Lipinski definition) is 1. The van der Waals surface area contributed by atoms with E-state index in [4.69, 9.17) is 16.9 Å². The van der Waals surface area contributed by atoms with Gasteiger partial charge in [0.05, 0.1) is 6.07 Å². The van der Waals surface area contributed by atoms with E-state index in [9.17, 15) is 9.59 Å². The lowest BCUT2D eigenvalue weighted by Crippen LogP contribution is -2.41. The lowest BCUT2D eigenvalue weighted by molar-refractivity contribution is -0.131. The summed E-state index contributed by atoms with van der Waals surface area (Å²) in [4.78, 5) is 25.4. The van der Waals surface area contributed by atoms with Crippen LogP contribution in [0.25, 0.3) is 0 Å². The van der Waals surface area contributed by atoms with Crippen LogP contribution in [-0.4, -0.2) is 36.3 Å². The average Bonchev–Trinajstić information content (AvgIpc) is 2.53. The molecule has 0 aromatic heterocycles. The Hall–Kier alpha value is -2.06. The van der Waals surface area contributed by atoms with Crippen molar-refractivity contribution in [1.29, 1.82) is 5.26 Å². The predicted octanol–water partition coefficient (Wildman–Crippen LogP) is 2.22. The van der Waals surface area contributed by atoms with E-state index in [2.05, 4.69) is 5.32 Å². The number of nitriles is 1. The van der Waals surface area contributed by atoms with Gasteiger partial charge in [-0.25, -0.2) is 0 Å². The number of benzene rings is 1. The average molecular weight is 320 g/mol. The van der Waals surface area contributed by atoms with Crippen molar-refractivity contribution < 1.29 is 9.59 Å². The van der Waals surface area contributed by atoms with Gasteiger partial charge in [-0.05, 0) is 37.0 Å². The molecule has 0 spiro atoms. The number of carbonyl (C=O) groups is 2. The molecule has 1 aromatic rings. The first-order chi connectivity index (χ1) is 10.6. The summed E-state index contributed by atoms with van der Waals surface area (Å²) < 4.78 is 0. The van der Waals surface area contributed by atoms with Crippen LogP contribution in [0, 0.1) is 17.2 Å². The van der Waals surface area contributed by atoms with Crippen molar-refractivity contribution in [3.63, 3.8) is 0 Å². The summed E-state index contributed by atoms with van der Waals surface area (Å²) in [6.07, 6.45) is 1.62. The topological polar surface area (TPSA) is 73.2 Å². The van der Waals surface area contributed by atoms with Gasteiger partial charge in [0.1, 0.15) is 6.42 Å². The fourth-order valence-corrected chi connectivity index (χ4v) is 2.73. The summed E-state index contributed by atoms with van der Waals surface area (Å²) in [5, 5.41) is 12.0. The van der Waals surface area contributed by atoms with E-state index in [1.54, 1.807) is 29.2 Å². The number of nitrogens with one attached hydrogen (secondary N) is 1. The molecular weight excluding hydrogens is 302 g/mol. The van der Waals surface area contributed by atoms with Crippen molar-refractivity contribution in [2.45, 2.75) is 19.3 Å². The Labute approximate surface area is 134 Å². The summed E-state index contributed by atoms with van der Waals surface area (Å²) in [6, 6.07) is 8.72. The predicted molar refractivity (Wildman–Crippen MR) is 83.3 cm³/mol. The maximum absolute atomic E-state index is 12.0. The zero-order valence-electron chi connectivity index (χ0n) is 12.2. The van der Waals surface area contributed by atoms with Gasteiger partial charge >= 0.3 is 0 Å². The molecule has 116 valence electrons. The lowest BCUT2D eigenvalue weighted by atomic mass is 9.96. The molecule has 2 rings (SSSR count). The maximum Gasteiger partial charge on any atom is 0.251 e. The summed E-state index contributed by atoms with van der Waals surface area (Å²) in [6.45, 7) is 1.89. The van der Waals surface area contributed by atoms with Crippen molar-refractivity contribution in [2.75, 3.05) is 19.6 Å². The first-order valence-electron chi connectivity index (χ1n) is 7.28. The highest BCUT2D eigenvalue weighted by molar-refractivity contribution is 6.30. The van der Waals surface area contributed by atoms with Crippen molar-refractivity contribution in [3.05, 3.63) is 34.9 Å². The second-order valence-electron chi connectivity index (χ2n) is 5.38. The van der Waals surface area contributed by atoms with Crippen LogP contribution in [0.1, 0.15) is 29.6 Å². The van der Waals surface area contributed by atoms with Crippen molar-refractivity contribution in [2.24, 2.45) is 5.92 Å². The van der Waals surface area contributed by atoms with Gasteiger partial charge in [0.25, 0.3) is 5.91 Å². The smallest absolute Gasteiger partial charge is 0.251 e. The highest BCUT2D eigenvalue weighted by atomic mass is 35.5. The third kappa shape index (κ3) is 4.47. The SMILES string of the molecule is N#CCC(=O)N1CCC(CNC(=O)c2cccc(Cl)c2)CC1. The fraction of sp³-hybridized carbons (Fsp3) is 0.438. The van der Waals surface area contributed by atoms with Crippen molar-refractivity contribution in [1.82, 2.24) is 10.2 Å². The molecule has 5 nitrogen and oxygen atoms in total. The van der Waals surface area contributed by atoms with E-state index in [1.165, 1.54) is 0 Å². The van der Waals surface area contributed by atoms with Crippen molar-refractivity contribution in [3.8, 4) is 6.07 Å². The van der Waals surface area contributed by atoms with Crippen LogP contribution in [0.5, 0.6) is 0 Å². The Kier molecular flexibility index (Phi) is 5.79. The quantitative estimate of drug-likeness (QED) is 0.924. The Balaban J connectivity index is 1.76. The molecule has 0 unspecified atom stereocenters. The lowest BCUT2D eigenvalue weighted by Gasteiger charge is -2.31. The fourth-order valence-electron chi connectivity index (χ4n) is 2.53. The molecule has 1 aromatic carbocycles. The molecule has 1 aliphatic rings. The second-order valence-corrected chi connectivity index (χ2v) is 5.82. The van der Waals surface area contributed by atoms with E-state index < -0.39 is 0 Å². The van der Waals surface area contributed by atoms with Gasteiger partial charge in [-0.15, -0.1) is 0 Å². The maximum atomic E-state index is 12.0. The van der Waals surface area contributed by atoms with Crippen LogP contribution >= 0.6 is 11.6 Å².